The molecule has 1 rings (SSSR count). The van der Waals surface area contributed by atoms with E-state index in [0.717, 1.165) is 51.4 Å². The van der Waals surface area contributed by atoms with Crippen molar-refractivity contribution in [2.45, 2.75) is 122 Å². The molecule has 6 atom stereocenters. The maximum Gasteiger partial charge on any atom is 0.329 e. The number of hydrogen-bond acceptors (Lipinski definition) is 9. The number of esters is 1. The van der Waals surface area contributed by atoms with Crippen molar-refractivity contribution in [1.82, 2.24) is 5.32 Å². The van der Waals surface area contributed by atoms with Crippen molar-refractivity contribution >= 4 is 23.6 Å². The Kier molecular flexibility index (Phi) is 20.2. The molecule has 0 aromatic carbocycles. The molecule has 1 amide bonds. The van der Waals surface area contributed by atoms with E-state index >= 15 is 0 Å². The molecule has 1 N–H and O–H groups in total. The van der Waals surface area contributed by atoms with Crippen LogP contribution in [0.2, 0.25) is 0 Å². The van der Waals surface area contributed by atoms with Gasteiger partial charge < -0.3 is 33.7 Å². The smallest absolute Gasteiger partial charge is 0.329 e. The van der Waals surface area contributed by atoms with Gasteiger partial charge in [-0.3, -0.25) is 4.79 Å². The van der Waals surface area contributed by atoms with E-state index in [0.29, 0.717) is 33.0 Å². The van der Waals surface area contributed by atoms with Crippen molar-refractivity contribution in [1.29, 1.82) is 0 Å². The largest absolute Gasteiger partial charge is 0.467 e. The van der Waals surface area contributed by atoms with E-state index in [1.54, 1.807) is 0 Å². The quantitative estimate of drug-likeness (QED) is 0.151. The van der Waals surface area contributed by atoms with Crippen LogP contribution >= 0.6 is 11.8 Å². The van der Waals surface area contributed by atoms with Crippen molar-refractivity contribution in [3.05, 3.63) is 0 Å². The maximum atomic E-state index is 12.3. The van der Waals surface area contributed by atoms with Gasteiger partial charge in [-0.1, -0.05) is 53.4 Å². The van der Waals surface area contributed by atoms with Crippen LogP contribution in [0.15, 0.2) is 0 Å². The lowest BCUT2D eigenvalue weighted by Gasteiger charge is -2.46. The molecule has 1 aliphatic rings. The molecular formula is C28H53NO8S. The predicted molar refractivity (Wildman–Crippen MR) is 150 cm³/mol. The lowest BCUT2D eigenvalue weighted by Crippen LogP contribution is -2.61. The minimum atomic E-state index is -0.792. The van der Waals surface area contributed by atoms with Crippen LogP contribution in [0.5, 0.6) is 0 Å². The second kappa shape index (κ2) is 21.9. The molecule has 0 aliphatic carbocycles. The molecule has 1 saturated heterocycles. The number of unbranched alkanes of at least 4 members (excludes halogenated alkanes) is 4. The fourth-order valence-electron chi connectivity index (χ4n) is 4.00. The summed E-state index contributed by atoms with van der Waals surface area (Å²) in [5.74, 6) is -0.520. The van der Waals surface area contributed by atoms with E-state index in [4.69, 9.17) is 28.4 Å². The first kappa shape index (κ1) is 35.1. The van der Waals surface area contributed by atoms with Crippen LogP contribution < -0.4 is 5.32 Å². The molecule has 9 nitrogen and oxygen atoms in total. The maximum absolute atomic E-state index is 12.3. The molecule has 1 fully saturated rings. The minimum absolute atomic E-state index is 0.275. The van der Waals surface area contributed by atoms with Gasteiger partial charge in [-0.15, -0.1) is 11.8 Å². The van der Waals surface area contributed by atoms with Gasteiger partial charge in [0.25, 0.3) is 0 Å². The molecule has 4 unspecified atom stereocenters. The molecule has 0 saturated carbocycles. The number of carbonyl (C=O) groups is 2. The molecule has 224 valence electrons. The Bertz CT molecular complexity index is 626. The first-order valence-electron chi connectivity index (χ1n) is 14.5. The Balaban J connectivity index is 3.23. The molecule has 1 heterocycles. The zero-order valence-corrected chi connectivity index (χ0v) is 25.4. The van der Waals surface area contributed by atoms with Crippen LogP contribution in [0.4, 0.5) is 0 Å². The van der Waals surface area contributed by atoms with Crippen molar-refractivity contribution in [2.24, 2.45) is 0 Å². The second-order valence-electron chi connectivity index (χ2n) is 9.65. The third-order valence-electron chi connectivity index (χ3n) is 6.23. The first-order chi connectivity index (χ1) is 18.4. The summed E-state index contributed by atoms with van der Waals surface area (Å²) in [4.78, 5) is 24.0. The van der Waals surface area contributed by atoms with Gasteiger partial charge in [0.1, 0.15) is 35.9 Å². The zero-order valence-electron chi connectivity index (χ0n) is 24.5. The SMILES string of the molecule is CCCCOCC1O[C@@H](SCC(NC(C)=O)C(=O)OC)C(OCCCC)C(OCCCC)[C@@H]1OCCCC. The number of rotatable bonds is 22. The third kappa shape index (κ3) is 13.4. The monoisotopic (exact) mass is 563 g/mol. The summed E-state index contributed by atoms with van der Waals surface area (Å²) in [6.07, 6.45) is 6.42. The molecule has 0 bridgehead atoms. The van der Waals surface area contributed by atoms with E-state index in [2.05, 4.69) is 33.0 Å². The highest BCUT2D eigenvalue weighted by Gasteiger charge is 2.48. The Hall–Kier alpha value is -0.910. The lowest BCUT2D eigenvalue weighted by atomic mass is 9.99. The molecule has 38 heavy (non-hydrogen) atoms. The first-order valence-corrected chi connectivity index (χ1v) is 15.5. The molecule has 10 heteroatoms. The molecular weight excluding hydrogens is 510 g/mol. The number of hydrogen-bond donors (Lipinski definition) is 1. The predicted octanol–water partition coefficient (Wildman–Crippen LogP) is 4.49. The summed E-state index contributed by atoms with van der Waals surface area (Å²) in [6, 6.07) is -0.792. The highest BCUT2D eigenvalue weighted by atomic mass is 32.2. The normalized spacial score (nSPS) is 24.2. The summed E-state index contributed by atoms with van der Waals surface area (Å²) in [5, 5.41) is 2.68. The Morgan fingerprint density at radius 2 is 1.34 bits per heavy atom. The zero-order chi connectivity index (χ0) is 28.2. The fourth-order valence-corrected chi connectivity index (χ4v) is 5.24. The average molecular weight is 564 g/mol. The van der Waals surface area contributed by atoms with Gasteiger partial charge >= 0.3 is 5.97 Å². The van der Waals surface area contributed by atoms with Crippen molar-refractivity contribution in [3.63, 3.8) is 0 Å². The number of nitrogens with one attached hydrogen (secondary N) is 1. The highest BCUT2D eigenvalue weighted by molar-refractivity contribution is 7.99. The lowest BCUT2D eigenvalue weighted by molar-refractivity contribution is -0.247. The summed E-state index contributed by atoms with van der Waals surface area (Å²) < 4.78 is 36.8. The van der Waals surface area contributed by atoms with E-state index in [9.17, 15) is 9.59 Å². The van der Waals surface area contributed by atoms with Gasteiger partial charge in [-0.2, -0.15) is 0 Å². The van der Waals surface area contributed by atoms with Gasteiger partial charge in [0.15, 0.2) is 0 Å². The van der Waals surface area contributed by atoms with Crippen LogP contribution in [-0.2, 0) is 38.0 Å². The van der Waals surface area contributed by atoms with E-state index in [-0.39, 0.29) is 30.0 Å². The summed E-state index contributed by atoms with van der Waals surface area (Å²) in [7, 11) is 1.31. The minimum Gasteiger partial charge on any atom is -0.467 e. The standard InChI is InChI=1S/C28H53NO8S/c1-7-11-15-33-19-23-24(34-16-12-8-2)25(35-17-13-9-3)26(36-18-14-10-4)28(37-23)38-20-22(27(31)32-6)29-21(5)30/h22-26,28H,7-20H2,1-6H3,(H,29,30)/t22?,23?,24-,25?,26?,28+/m1/s1. The number of methoxy groups -OCH3 is 1. The van der Waals surface area contributed by atoms with Crippen molar-refractivity contribution in [2.75, 3.05) is 45.9 Å². The number of amides is 1. The molecule has 0 spiro atoms. The summed E-state index contributed by atoms with van der Waals surface area (Å²) in [5.41, 5.74) is -0.440. The molecule has 1 aliphatic heterocycles. The molecule has 0 aromatic rings. The third-order valence-corrected chi connectivity index (χ3v) is 7.46. The topological polar surface area (TPSA) is 102 Å². The van der Waals surface area contributed by atoms with Gasteiger partial charge in [0.2, 0.25) is 5.91 Å². The van der Waals surface area contributed by atoms with Gasteiger partial charge in [0.05, 0.1) is 13.7 Å². The van der Waals surface area contributed by atoms with Crippen LogP contribution in [-0.4, -0.2) is 93.7 Å². The summed E-state index contributed by atoms with van der Waals surface area (Å²) in [6.45, 7) is 12.7. The van der Waals surface area contributed by atoms with Crippen LogP contribution in [0.1, 0.15) is 86.0 Å². The highest BCUT2D eigenvalue weighted by Crippen LogP contribution is 2.35. The Morgan fingerprint density at radius 1 is 0.816 bits per heavy atom. The number of thioether (sulfide) groups is 1. The number of carbonyl (C=O) groups excluding carboxylic acids is 2. The van der Waals surface area contributed by atoms with Gasteiger partial charge in [0, 0.05) is 39.1 Å². The van der Waals surface area contributed by atoms with E-state index in [1.165, 1.54) is 25.8 Å². The van der Waals surface area contributed by atoms with Gasteiger partial charge in [-0.25, -0.2) is 4.79 Å². The molecule has 0 aromatic heterocycles. The Labute approximate surface area is 234 Å². The molecule has 0 radical (unpaired) electrons. The van der Waals surface area contributed by atoms with Crippen LogP contribution in [0.25, 0.3) is 0 Å². The van der Waals surface area contributed by atoms with Crippen molar-refractivity contribution < 1.29 is 38.0 Å². The van der Waals surface area contributed by atoms with Crippen LogP contribution in [0, 0.1) is 0 Å². The second-order valence-corrected chi connectivity index (χ2v) is 10.8. The van der Waals surface area contributed by atoms with Gasteiger partial charge in [-0.05, 0) is 25.7 Å². The van der Waals surface area contributed by atoms with E-state index < -0.39 is 23.6 Å². The van der Waals surface area contributed by atoms with Crippen LogP contribution in [0.3, 0.4) is 0 Å². The number of ether oxygens (including phenoxy) is 6. The summed E-state index contributed by atoms with van der Waals surface area (Å²) >= 11 is 1.42. The van der Waals surface area contributed by atoms with Crippen molar-refractivity contribution in [3.8, 4) is 0 Å². The average Bonchev–Trinajstić information content (AvgIpc) is 2.90. The Morgan fingerprint density at radius 3 is 1.87 bits per heavy atom. The van der Waals surface area contributed by atoms with E-state index in [1.807, 2.05) is 0 Å². The fraction of sp³-hybridized carbons (Fsp3) is 0.929.